The molecule has 1 aromatic heterocycles. The van der Waals surface area contributed by atoms with Crippen molar-refractivity contribution in [3.8, 4) is 0 Å². The summed E-state index contributed by atoms with van der Waals surface area (Å²) in [6.07, 6.45) is -3.90. The summed E-state index contributed by atoms with van der Waals surface area (Å²) >= 11 is 8.92. The molecule has 0 bridgehead atoms. The van der Waals surface area contributed by atoms with Gasteiger partial charge in [0.25, 0.3) is 10.0 Å². The van der Waals surface area contributed by atoms with Gasteiger partial charge in [0.2, 0.25) is 5.78 Å². The smallest absolute Gasteiger partial charge is 0.417 e. The van der Waals surface area contributed by atoms with Gasteiger partial charge in [-0.25, -0.2) is 17.7 Å². The lowest BCUT2D eigenvalue weighted by Gasteiger charge is -2.26. The molecule has 0 aliphatic rings. The number of nitrogens with zero attached hydrogens (tertiary/aromatic N) is 3. The Kier molecular flexibility index (Phi) is 9.06. The van der Waals surface area contributed by atoms with Crippen LogP contribution in [0.15, 0.2) is 59.6 Å². The number of benzene rings is 2. The molecule has 3 aromatic rings. The minimum Gasteiger partial charge on any atom is -0.755 e. The zero-order chi connectivity index (χ0) is 28.4. The molecule has 16 heteroatoms. The minimum absolute atomic E-state index is 0.0396. The van der Waals surface area contributed by atoms with Crippen LogP contribution in [-0.4, -0.2) is 48.8 Å². The van der Waals surface area contributed by atoms with Gasteiger partial charge >= 0.3 is 6.18 Å². The van der Waals surface area contributed by atoms with Gasteiger partial charge in [0, 0.05) is 37.2 Å². The Hall–Kier alpha value is -2.75. The molecule has 0 N–H and O–H groups in total. The summed E-state index contributed by atoms with van der Waals surface area (Å²) in [7, 11) is -2.51. The van der Waals surface area contributed by atoms with E-state index in [1.807, 2.05) is 0 Å². The Balaban J connectivity index is 2.23. The van der Waals surface area contributed by atoms with E-state index in [9.17, 15) is 35.1 Å². The average molecular weight is 611 g/mol. The fraction of sp³-hybridized carbons (Fsp3) is 0.182. The Morgan fingerprint density at radius 1 is 1.13 bits per heavy atom. The molecular formula is C22H17Cl2F3N3O6S2-. The van der Waals surface area contributed by atoms with Crippen molar-refractivity contribution in [3.05, 3.63) is 81.6 Å². The topological polar surface area (TPSA) is 120 Å². The van der Waals surface area contributed by atoms with Crippen LogP contribution in [0.25, 0.3) is 0 Å². The van der Waals surface area contributed by atoms with Crippen LogP contribution in [0.3, 0.4) is 0 Å². The van der Waals surface area contributed by atoms with Crippen molar-refractivity contribution in [3.63, 3.8) is 0 Å². The Morgan fingerprint density at radius 3 is 2.39 bits per heavy atom. The first kappa shape index (κ1) is 29.8. The van der Waals surface area contributed by atoms with Crippen molar-refractivity contribution in [1.29, 1.82) is 0 Å². The van der Waals surface area contributed by atoms with Crippen LogP contribution in [0, 0.1) is 0 Å². The van der Waals surface area contributed by atoms with Crippen molar-refractivity contribution in [2.45, 2.75) is 11.1 Å². The third-order valence-electron chi connectivity index (χ3n) is 5.11. The normalized spacial score (nSPS) is 12.7. The summed E-state index contributed by atoms with van der Waals surface area (Å²) in [4.78, 5) is 16.7. The van der Waals surface area contributed by atoms with E-state index in [2.05, 4.69) is 4.98 Å². The fourth-order valence-corrected chi connectivity index (χ4v) is 5.44. The SMILES string of the molecule is COCN(c1cc(Cl)cnc1C(=O)c1ccccc1N(C)S(=O)[O-])S(=O)(=O)c1ccc(Cl)c(C(F)(F)F)c1. The molecule has 0 aliphatic heterocycles. The van der Waals surface area contributed by atoms with Gasteiger partial charge in [-0.15, -0.1) is 0 Å². The Labute approximate surface area is 228 Å². The molecule has 9 nitrogen and oxygen atoms in total. The predicted molar refractivity (Wildman–Crippen MR) is 134 cm³/mol. The van der Waals surface area contributed by atoms with Gasteiger partial charge in [-0.1, -0.05) is 35.3 Å². The van der Waals surface area contributed by atoms with Gasteiger partial charge in [0.15, 0.2) is 0 Å². The Morgan fingerprint density at radius 2 is 1.79 bits per heavy atom. The zero-order valence-electron chi connectivity index (χ0n) is 19.4. The van der Waals surface area contributed by atoms with Crippen LogP contribution in [0.1, 0.15) is 21.6 Å². The molecule has 1 heterocycles. The first-order valence-corrected chi connectivity index (χ1v) is 13.4. The van der Waals surface area contributed by atoms with Crippen molar-refractivity contribution >= 4 is 61.6 Å². The zero-order valence-corrected chi connectivity index (χ0v) is 22.5. The molecule has 204 valence electrons. The number of methoxy groups -OCH3 is 1. The van der Waals surface area contributed by atoms with Crippen LogP contribution >= 0.6 is 23.2 Å². The van der Waals surface area contributed by atoms with Gasteiger partial charge in [-0.2, -0.15) is 13.2 Å². The molecule has 0 aliphatic carbocycles. The van der Waals surface area contributed by atoms with E-state index in [1.54, 1.807) is 0 Å². The largest absolute Gasteiger partial charge is 0.755 e. The maximum Gasteiger partial charge on any atom is 0.417 e. The van der Waals surface area contributed by atoms with E-state index in [0.29, 0.717) is 10.4 Å². The number of pyridine rings is 1. The Bertz CT molecular complexity index is 1510. The second-order valence-corrected chi connectivity index (χ2v) is 11.2. The number of hydrogen-bond acceptors (Lipinski definition) is 7. The van der Waals surface area contributed by atoms with Gasteiger partial charge in [0.05, 0.1) is 31.9 Å². The third-order valence-corrected chi connectivity index (χ3v) is 8.02. The molecule has 0 amide bonds. The number of carbonyl (C=O) groups is 1. The maximum atomic E-state index is 13.6. The lowest BCUT2D eigenvalue weighted by molar-refractivity contribution is -0.137. The van der Waals surface area contributed by atoms with Gasteiger partial charge in [0.1, 0.15) is 12.4 Å². The lowest BCUT2D eigenvalue weighted by Crippen LogP contribution is -2.34. The molecule has 3 rings (SSSR count). The van der Waals surface area contributed by atoms with E-state index in [0.717, 1.165) is 35.8 Å². The molecule has 0 fully saturated rings. The summed E-state index contributed by atoms with van der Waals surface area (Å²) in [6.45, 7) is -0.749. The minimum atomic E-state index is -4.95. The van der Waals surface area contributed by atoms with E-state index >= 15 is 0 Å². The van der Waals surface area contributed by atoms with Crippen molar-refractivity contribution in [2.24, 2.45) is 0 Å². The number of carbonyl (C=O) groups excluding carboxylic acids is 1. The number of ketones is 1. The fourth-order valence-electron chi connectivity index (χ4n) is 3.34. The molecule has 38 heavy (non-hydrogen) atoms. The number of aromatic nitrogens is 1. The summed E-state index contributed by atoms with van der Waals surface area (Å²) in [6, 6.07) is 8.63. The van der Waals surface area contributed by atoms with E-state index in [4.69, 9.17) is 27.9 Å². The third kappa shape index (κ3) is 6.11. The monoisotopic (exact) mass is 610 g/mol. The number of ether oxygens (including phenoxy) is 1. The van der Waals surface area contributed by atoms with E-state index in [1.165, 1.54) is 31.3 Å². The quantitative estimate of drug-likeness (QED) is 0.196. The van der Waals surface area contributed by atoms with Crippen LogP contribution < -0.4 is 8.61 Å². The van der Waals surface area contributed by atoms with Gasteiger partial charge < -0.3 is 13.6 Å². The van der Waals surface area contributed by atoms with Gasteiger partial charge in [-0.05, 0) is 36.4 Å². The second kappa shape index (κ2) is 11.6. The highest BCUT2D eigenvalue weighted by atomic mass is 35.5. The number of alkyl halides is 3. The molecule has 0 saturated heterocycles. The van der Waals surface area contributed by atoms with E-state index < -0.39 is 66.8 Å². The molecule has 0 spiro atoms. The molecule has 2 aromatic carbocycles. The van der Waals surface area contributed by atoms with Crippen molar-refractivity contribution in [1.82, 2.24) is 4.98 Å². The van der Waals surface area contributed by atoms with Crippen LogP contribution in [0.4, 0.5) is 24.5 Å². The van der Waals surface area contributed by atoms with Crippen molar-refractivity contribution < 1.29 is 39.9 Å². The lowest BCUT2D eigenvalue weighted by atomic mass is 10.0. The van der Waals surface area contributed by atoms with Crippen LogP contribution in [0.2, 0.25) is 10.0 Å². The average Bonchev–Trinajstić information content (AvgIpc) is 2.85. The van der Waals surface area contributed by atoms with E-state index in [-0.39, 0.29) is 16.3 Å². The first-order valence-electron chi connectivity index (χ1n) is 10.2. The van der Waals surface area contributed by atoms with Gasteiger partial charge in [-0.3, -0.25) is 9.00 Å². The predicted octanol–water partition coefficient (Wildman–Crippen LogP) is 4.67. The summed E-state index contributed by atoms with van der Waals surface area (Å²) in [5.41, 5.74) is -2.50. The highest BCUT2D eigenvalue weighted by Crippen LogP contribution is 2.38. The van der Waals surface area contributed by atoms with Crippen molar-refractivity contribution in [2.75, 3.05) is 29.5 Å². The maximum absolute atomic E-state index is 13.6. The molecular weight excluding hydrogens is 594 g/mol. The van der Waals surface area contributed by atoms with Crippen LogP contribution in [0.5, 0.6) is 0 Å². The number of para-hydroxylation sites is 1. The number of hydrogen-bond donors (Lipinski definition) is 0. The second-order valence-electron chi connectivity index (χ2n) is 7.49. The summed E-state index contributed by atoms with van der Waals surface area (Å²) < 4.78 is 96.7. The highest BCUT2D eigenvalue weighted by molar-refractivity contribution is 7.92. The standard InChI is InChI=1S/C22H18Cl2F3N3O6S2/c1-29(37(32)33)18-6-4-3-5-15(18)21(31)20-19(9-13(23)11-28-20)30(12-36-2)38(34,35)14-7-8-17(24)16(10-14)22(25,26)27/h3-11H,12H2,1-2H3,(H,32,33)/p-1. The number of anilines is 2. The molecule has 0 radical (unpaired) electrons. The number of rotatable bonds is 9. The van der Waals surface area contributed by atoms with Crippen LogP contribution in [-0.2, 0) is 32.2 Å². The molecule has 1 unspecified atom stereocenters. The molecule has 1 atom stereocenters. The first-order chi connectivity index (χ1) is 17.7. The summed E-state index contributed by atoms with van der Waals surface area (Å²) in [5.74, 6) is -0.895. The number of halogens is 5. The summed E-state index contributed by atoms with van der Waals surface area (Å²) in [5, 5.41) is -0.822. The molecule has 0 saturated carbocycles. The highest BCUT2D eigenvalue weighted by Gasteiger charge is 2.37. The number of sulfonamides is 1.